The van der Waals surface area contributed by atoms with Crippen molar-refractivity contribution in [3.8, 4) is 67.0 Å². The third-order valence-electron chi connectivity index (χ3n) is 13.0. The number of rotatable bonds is 7. The molecule has 0 bridgehead atoms. The molecule has 65 heavy (non-hydrogen) atoms. The molecule has 2 aromatic heterocycles. The Hall–Kier alpha value is -8.34. The van der Waals surface area contributed by atoms with Crippen LogP contribution in [0.15, 0.2) is 224 Å². The zero-order valence-electron chi connectivity index (χ0n) is 35.5. The summed E-state index contributed by atoms with van der Waals surface area (Å²) in [5.74, 6) is -1.21. The summed E-state index contributed by atoms with van der Waals surface area (Å²) in [6.45, 7) is 1.95. The molecule has 0 spiro atoms. The van der Waals surface area contributed by atoms with Gasteiger partial charge in [-0.25, -0.2) is 8.78 Å². The minimum Gasteiger partial charge on any atom is -0.307 e. The molecule has 0 aliphatic heterocycles. The molecule has 0 atom stereocenters. The Kier molecular flexibility index (Phi) is 9.13. The molecule has 4 heteroatoms. The van der Waals surface area contributed by atoms with Crippen molar-refractivity contribution < 1.29 is 8.78 Å². The van der Waals surface area contributed by atoms with Crippen LogP contribution in [0.4, 0.5) is 8.78 Å². The highest BCUT2D eigenvalue weighted by molar-refractivity contribution is 6.14. The zero-order chi connectivity index (χ0) is 43.6. The highest BCUT2D eigenvalue weighted by Gasteiger charge is 2.24. The lowest BCUT2D eigenvalue weighted by Gasteiger charge is -2.21. The maximum Gasteiger partial charge on any atom is 0.133 e. The van der Waals surface area contributed by atoms with Crippen molar-refractivity contribution in [1.29, 1.82) is 0 Å². The number of halogens is 2. The molecular weight excluding hydrogens is 799 g/mol. The number of aryl methyl sites for hydroxylation is 1. The molecule has 0 amide bonds. The van der Waals surface area contributed by atoms with Gasteiger partial charge in [-0.15, -0.1) is 0 Å². The molecular formula is C61H40F2N2. The second-order valence-corrected chi connectivity index (χ2v) is 16.8. The van der Waals surface area contributed by atoms with Crippen molar-refractivity contribution in [2.45, 2.75) is 6.92 Å². The fraction of sp³-hybridized carbons (Fsp3) is 0.0164. The lowest BCUT2D eigenvalue weighted by Crippen LogP contribution is -2.06. The SMILES string of the molecule is Cc1cc(-n2c3ccc(-c4ccccc4)cc3c3cc(-c4ccccc4)ccc32)c(-n2c3ccc(-c4ccccc4)cc3c3cc(-c4ccccc4)ccc32)cc1-c1c(F)cccc1F. The molecule has 0 fully saturated rings. The quantitative estimate of drug-likeness (QED) is 0.151. The van der Waals surface area contributed by atoms with Gasteiger partial charge in [0.15, 0.2) is 0 Å². The van der Waals surface area contributed by atoms with Gasteiger partial charge in [0.2, 0.25) is 0 Å². The van der Waals surface area contributed by atoms with Gasteiger partial charge in [-0.2, -0.15) is 0 Å². The number of hydrogen-bond acceptors (Lipinski definition) is 0. The highest BCUT2D eigenvalue weighted by Crippen LogP contribution is 2.44. The van der Waals surface area contributed by atoms with E-state index in [9.17, 15) is 0 Å². The molecule has 308 valence electrons. The van der Waals surface area contributed by atoms with Crippen LogP contribution < -0.4 is 0 Å². The average molecular weight is 839 g/mol. The Balaban J connectivity index is 1.20. The van der Waals surface area contributed by atoms with Gasteiger partial charge in [0.05, 0.1) is 39.0 Å². The van der Waals surface area contributed by atoms with Gasteiger partial charge >= 0.3 is 0 Å². The van der Waals surface area contributed by atoms with Gasteiger partial charge < -0.3 is 9.13 Å². The summed E-state index contributed by atoms with van der Waals surface area (Å²) in [6, 6.07) is 76.7. The van der Waals surface area contributed by atoms with Crippen molar-refractivity contribution in [3.63, 3.8) is 0 Å². The normalized spacial score (nSPS) is 11.6. The van der Waals surface area contributed by atoms with Crippen LogP contribution in [0.25, 0.3) is 111 Å². The lowest BCUT2D eigenvalue weighted by atomic mass is 9.97. The van der Waals surface area contributed by atoms with E-state index in [1.165, 1.54) is 18.2 Å². The molecule has 12 aromatic rings. The van der Waals surface area contributed by atoms with Gasteiger partial charge in [0, 0.05) is 21.5 Å². The van der Waals surface area contributed by atoms with Crippen LogP contribution in [0.2, 0.25) is 0 Å². The molecule has 0 aliphatic rings. The Labute approximate surface area is 375 Å². The van der Waals surface area contributed by atoms with Crippen LogP contribution >= 0.6 is 0 Å². The molecule has 12 rings (SSSR count). The molecule has 0 radical (unpaired) electrons. The second kappa shape index (κ2) is 15.5. The largest absolute Gasteiger partial charge is 0.307 e. The van der Waals surface area contributed by atoms with E-state index >= 15 is 8.78 Å². The van der Waals surface area contributed by atoms with E-state index in [4.69, 9.17) is 0 Å². The van der Waals surface area contributed by atoms with Crippen LogP contribution in [0.1, 0.15) is 5.56 Å². The monoisotopic (exact) mass is 838 g/mol. The van der Waals surface area contributed by atoms with E-state index in [1.807, 2.05) is 37.3 Å². The number of benzene rings is 10. The lowest BCUT2D eigenvalue weighted by molar-refractivity contribution is 0.589. The number of hydrogen-bond donors (Lipinski definition) is 0. The summed E-state index contributed by atoms with van der Waals surface area (Å²) < 4.78 is 36.6. The van der Waals surface area contributed by atoms with E-state index in [0.717, 1.165) is 105 Å². The summed E-state index contributed by atoms with van der Waals surface area (Å²) in [5, 5.41) is 4.36. The first-order valence-electron chi connectivity index (χ1n) is 22.0. The Morgan fingerprint density at radius 1 is 0.292 bits per heavy atom. The maximum atomic E-state index is 16.0. The summed E-state index contributed by atoms with van der Waals surface area (Å²) in [4.78, 5) is 0. The fourth-order valence-corrected chi connectivity index (χ4v) is 9.87. The Bertz CT molecular complexity index is 3560. The van der Waals surface area contributed by atoms with Gasteiger partial charge in [0.1, 0.15) is 11.6 Å². The van der Waals surface area contributed by atoms with Crippen LogP contribution in [-0.2, 0) is 0 Å². The minimum atomic E-state index is -0.604. The molecule has 2 nitrogen and oxygen atoms in total. The topological polar surface area (TPSA) is 9.86 Å². The van der Waals surface area contributed by atoms with Gasteiger partial charge in [-0.05, 0) is 135 Å². The second-order valence-electron chi connectivity index (χ2n) is 16.8. The van der Waals surface area contributed by atoms with Crippen LogP contribution in [0, 0.1) is 18.6 Å². The summed E-state index contributed by atoms with van der Waals surface area (Å²) in [5.41, 5.74) is 15.9. The Morgan fingerprint density at radius 3 is 0.923 bits per heavy atom. The highest BCUT2D eigenvalue weighted by atomic mass is 19.1. The minimum absolute atomic E-state index is 0.0430. The van der Waals surface area contributed by atoms with Gasteiger partial charge in [0.25, 0.3) is 0 Å². The van der Waals surface area contributed by atoms with Crippen molar-refractivity contribution in [1.82, 2.24) is 9.13 Å². The van der Waals surface area contributed by atoms with Crippen LogP contribution in [0.3, 0.4) is 0 Å². The first-order chi connectivity index (χ1) is 32.0. The first kappa shape index (κ1) is 38.3. The van der Waals surface area contributed by atoms with E-state index in [1.54, 1.807) is 0 Å². The zero-order valence-corrected chi connectivity index (χ0v) is 35.5. The van der Waals surface area contributed by atoms with Crippen LogP contribution in [0.5, 0.6) is 0 Å². The van der Waals surface area contributed by atoms with E-state index in [0.29, 0.717) is 5.56 Å². The number of nitrogens with zero attached hydrogens (tertiary/aromatic N) is 2. The molecule has 0 saturated heterocycles. The fourth-order valence-electron chi connectivity index (χ4n) is 9.87. The first-order valence-corrected chi connectivity index (χ1v) is 22.0. The number of fused-ring (bicyclic) bond motifs is 6. The molecule has 0 aliphatic carbocycles. The van der Waals surface area contributed by atoms with E-state index in [-0.39, 0.29) is 5.56 Å². The van der Waals surface area contributed by atoms with Crippen molar-refractivity contribution >= 4 is 43.6 Å². The predicted octanol–water partition coefficient (Wildman–Crippen LogP) is 16.8. The van der Waals surface area contributed by atoms with Crippen molar-refractivity contribution in [2.24, 2.45) is 0 Å². The summed E-state index contributed by atoms with van der Waals surface area (Å²) >= 11 is 0. The van der Waals surface area contributed by atoms with Gasteiger partial charge in [-0.1, -0.05) is 152 Å². The number of aromatic nitrogens is 2. The molecule has 10 aromatic carbocycles. The van der Waals surface area contributed by atoms with Gasteiger partial charge in [-0.3, -0.25) is 0 Å². The third-order valence-corrected chi connectivity index (χ3v) is 13.0. The molecule has 0 saturated carbocycles. The molecule has 2 heterocycles. The predicted molar refractivity (Wildman–Crippen MR) is 267 cm³/mol. The van der Waals surface area contributed by atoms with Crippen molar-refractivity contribution in [2.75, 3.05) is 0 Å². The maximum absolute atomic E-state index is 16.0. The van der Waals surface area contributed by atoms with E-state index < -0.39 is 11.6 Å². The molecule has 0 unspecified atom stereocenters. The smallest absolute Gasteiger partial charge is 0.133 e. The average Bonchev–Trinajstić information content (AvgIpc) is 3.86. The van der Waals surface area contributed by atoms with Crippen LogP contribution in [-0.4, -0.2) is 9.13 Å². The third kappa shape index (κ3) is 6.45. The molecule has 0 N–H and O–H groups in total. The standard InChI is InChI=1S/C61H40F2N2/c1-39-33-59(64-55-29-25-44(40-15-6-2-7-16-40)34-49(55)50-35-45(26-30-56(50)64)41-17-8-3-9-18-41)60(38-48(39)61-53(62)23-14-24-54(61)63)65-57-31-27-46(42-19-10-4-11-20-42)36-51(57)52-37-47(28-32-58(52)65)43-21-12-5-13-22-43/h2-38H,1H3. The summed E-state index contributed by atoms with van der Waals surface area (Å²) in [6.07, 6.45) is 0. The Morgan fingerprint density at radius 2 is 0.600 bits per heavy atom. The van der Waals surface area contributed by atoms with Crippen molar-refractivity contribution in [3.05, 3.63) is 242 Å². The summed E-state index contributed by atoms with van der Waals surface area (Å²) in [7, 11) is 0. The van der Waals surface area contributed by atoms with E-state index in [2.05, 4.69) is 185 Å².